The molecule has 0 bridgehead atoms. The minimum absolute atomic E-state index is 0.258. The quantitative estimate of drug-likeness (QED) is 0.876. The van der Waals surface area contributed by atoms with E-state index in [1.807, 2.05) is 49.6 Å². The molecule has 0 amide bonds. The van der Waals surface area contributed by atoms with Crippen molar-refractivity contribution in [3.05, 3.63) is 35.8 Å². The molecular weight excluding hydrogens is 212 g/mol. The molecule has 0 fully saturated rings. The Labute approximate surface area is 101 Å². The summed E-state index contributed by atoms with van der Waals surface area (Å²) in [7, 11) is 0. The molecule has 2 aromatic rings. The summed E-state index contributed by atoms with van der Waals surface area (Å²) in [5.74, 6) is 0. The molecule has 1 unspecified atom stereocenters. The maximum absolute atomic E-state index is 9.28. The van der Waals surface area contributed by atoms with Gasteiger partial charge >= 0.3 is 0 Å². The van der Waals surface area contributed by atoms with Crippen molar-refractivity contribution in [2.45, 2.75) is 32.9 Å². The fraction of sp³-hybridized carbons (Fsp3) is 0.385. The highest BCUT2D eigenvalue weighted by Crippen LogP contribution is 2.19. The lowest BCUT2D eigenvalue weighted by atomic mass is 10.1. The topological polar surface area (TPSA) is 53.1 Å². The Bertz CT molecular complexity index is 562. The standard InChI is InChI=1S/C13H16N4/c1-9(2)15-11(8-14)13-10(3)16-12-6-4-5-7-17(12)13/h4-7,9,11,15H,1-3H3. The van der Waals surface area contributed by atoms with Crippen molar-refractivity contribution in [3.63, 3.8) is 0 Å². The van der Waals surface area contributed by atoms with Gasteiger partial charge in [-0.15, -0.1) is 0 Å². The molecule has 0 saturated heterocycles. The Hall–Kier alpha value is -1.86. The first kappa shape index (κ1) is 11.6. The van der Waals surface area contributed by atoms with E-state index in [0.29, 0.717) is 0 Å². The molecule has 0 spiro atoms. The van der Waals surface area contributed by atoms with Gasteiger partial charge < -0.3 is 4.40 Å². The van der Waals surface area contributed by atoms with Gasteiger partial charge in [-0.1, -0.05) is 6.07 Å². The Morgan fingerprint density at radius 1 is 1.41 bits per heavy atom. The maximum Gasteiger partial charge on any atom is 0.138 e. The molecule has 0 aromatic carbocycles. The number of aryl methyl sites for hydroxylation is 1. The van der Waals surface area contributed by atoms with Gasteiger partial charge in [0.05, 0.1) is 17.5 Å². The molecule has 0 radical (unpaired) electrons. The number of hydrogen-bond acceptors (Lipinski definition) is 3. The van der Waals surface area contributed by atoms with Gasteiger partial charge in [0.1, 0.15) is 11.7 Å². The van der Waals surface area contributed by atoms with E-state index >= 15 is 0 Å². The fourth-order valence-corrected chi connectivity index (χ4v) is 1.99. The summed E-state index contributed by atoms with van der Waals surface area (Å²) in [4.78, 5) is 4.46. The number of hydrogen-bond donors (Lipinski definition) is 1. The van der Waals surface area contributed by atoms with Crippen LogP contribution in [0.3, 0.4) is 0 Å². The number of nitrogens with one attached hydrogen (secondary N) is 1. The lowest BCUT2D eigenvalue weighted by molar-refractivity contribution is 0.534. The zero-order valence-electron chi connectivity index (χ0n) is 10.3. The Morgan fingerprint density at radius 2 is 2.18 bits per heavy atom. The second-order valence-electron chi connectivity index (χ2n) is 4.39. The van der Waals surface area contributed by atoms with Gasteiger partial charge in [-0.2, -0.15) is 5.26 Å². The highest BCUT2D eigenvalue weighted by Gasteiger charge is 2.19. The van der Waals surface area contributed by atoms with Gasteiger partial charge in [0.2, 0.25) is 0 Å². The second kappa shape index (κ2) is 4.56. The van der Waals surface area contributed by atoms with Gasteiger partial charge in [0.15, 0.2) is 0 Å². The fourth-order valence-electron chi connectivity index (χ4n) is 1.99. The highest BCUT2D eigenvalue weighted by molar-refractivity contribution is 5.44. The Morgan fingerprint density at radius 3 is 2.82 bits per heavy atom. The van der Waals surface area contributed by atoms with Crippen molar-refractivity contribution in [3.8, 4) is 6.07 Å². The number of fused-ring (bicyclic) bond motifs is 1. The van der Waals surface area contributed by atoms with E-state index in [4.69, 9.17) is 0 Å². The normalized spacial score (nSPS) is 12.9. The zero-order chi connectivity index (χ0) is 12.4. The second-order valence-corrected chi connectivity index (χ2v) is 4.39. The van der Waals surface area contributed by atoms with Crippen LogP contribution in [0.2, 0.25) is 0 Å². The van der Waals surface area contributed by atoms with Crippen molar-refractivity contribution in [2.24, 2.45) is 0 Å². The van der Waals surface area contributed by atoms with Crippen LogP contribution in [0.1, 0.15) is 31.3 Å². The van der Waals surface area contributed by atoms with E-state index in [9.17, 15) is 5.26 Å². The van der Waals surface area contributed by atoms with Crippen LogP contribution in [-0.4, -0.2) is 15.4 Å². The molecule has 88 valence electrons. The summed E-state index contributed by atoms with van der Waals surface area (Å²) in [6, 6.07) is 8.07. The summed E-state index contributed by atoms with van der Waals surface area (Å²) in [6.07, 6.45) is 1.94. The van der Waals surface area contributed by atoms with Crippen LogP contribution in [0, 0.1) is 18.3 Å². The minimum atomic E-state index is -0.326. The van der Waals surface area contributed by atoms with Gasteiger partial charge in [0.25, 0.3) is 0 Å². The largest absolute Gasteiger partial charge is 0.301 e. The number of rotatable bonds is 3. The third-order valence-corrected chi connectivity index (χ3v) is 2.65. The summed E-state index contributed by atoms with van der Waals surface area (Å²) < 4.78 is 1.97. The summed E-state index contributed by atoms with van der Waals surface area (Å²) in [5, 5.41) is 12.5. The molecule has 0 saturated carbocycles. The van der Waals surface area contributed by atoms with Gasteiger partial charge in [-0.3, -0.25) is 5.32 Å². The molecule has 17 heavy (non-hydrogen) atoms. The first-order chi connectivity index (χ1) is 8.13. The van der Waals surface area contributed by atoms with Crippen LogP contribution < -0.4 is 5.32 Å². The van der Waals surface area contributed by atoms with E-state index in [2.05, 4.69) is 16.4 Å². The average molecular weight is 228 g/mol. The molecular formula is C13H16N4. The molecule has 4 nitrogen and oxygen atoms in total. The molecule has 2 rings (SSSR count). The van der Waals surface area contributed by atoms with Crippen molar-refractivity contribution in [1.82, 2.24) is 14.7 Å². The third kappa shape index (κ3) is 2.15. The van der Waals surface area contributed by atoms with Gasteiger partial charge in [-0.05, 0) is 32.9 Å². The number of nitriles is 1. The van der Waals surface area contributed by atoms with Crippen LogP contribution in [0.5, 0.6) is 0 Å². The van der Waals surface area contributed by atoms with E-state index in [-0.39, 0.29) is 12.1 Å². The predicted octanol–water partition coefficient (Wildman–Crippen LogP) is 2.21. The van der Waals surface area contributed by atoms with Gasteiger partial charge in [-0.25, -0.2) is 4.98 Å². The van der Waals surface area contributed by atoms with Crippen LogP contribution in [-0.2, 0) is 0 Å². The molecule has 4 heteroatoms. The molecule has 1 N–H and O–H groups in total. The molecule has 1 atom stereocenters. The van der Waals surface area contributed by atoms with Crippen LogP contribution in [0.25, 0.3) is 5.65 Å². The lowest BCUT2D eigenvalue weighted by Gasteiger charge is -2.15. The molecule has 0 aliphatic heterocycles. The Balaban J connectivity index is 2.53. The first-order valence-electron chi connectivity index (χ1n) is 5.72. The maximum atomic E-state index is 9.28. The van der Waals surface area contributed by atoms with Crippen molar-refractivity contribution in [2.75, 3.05) is 0 Å². The SMILES string of the molecule is Cc1nc2ccccn2c1C(C#N)NC(C)C. The van der Waals surface area contributed by atoms with Crippen molar-refractivity contribution >= 4 is 5.65 Å². The average Bonchev–Trinajstić information content (AvgIpc) is 2.62. The van der Waals surface area contributed by atoms with Crippen molar-refractivity contribution < 1.29 is 0 Å². The number of aromatic nitrogens is 2. The number of pyridine rings is 1. The van der Waals surface area contributed by atoms with E-state index in [1.54, 1.807) is 0 Å². The third-order valence-electron chi connectivity index (χ3n) is 2.65. The molecule has 0 aliphatic rings. The Kier molecular flexibility index (Phi) is 3.12. The van der Waals surface area contributed by atoms with E-state index in [0.717, 1.165) is 17.0 Å². The molecule has 0 aliphatic carbocycles. The smallest absolute Gasteiger partial charge is 0.138 e. The lowest BCUT2D eigenvalue weighted by Crippen LogP contribution is -2.28. The van der Waals surface area contributed by atoms with E-state index in [1.165, 1.54) is 0 Å². The molecule has 2 heterocycles. The van der Waals surface area contributed by atoms with Crippen molar-refractivity contribution in [1.29, 1.82) is 5.26 Å². The monoisotopic (exact) mass is 228 g/mol. The van der Waals surface area contributed by atoms with Gasteiger partial charge in [0, 0.05) is 12.2 Å². The number of imidazole rings is 1. The number of nitrogens with zero attached hydrogens (tertiary/aromatic N) is 3. The van der Waals surface area contributed by atoms with Crippen LogP contribution >= 0.6 is 0 Å². The highest BCUT2D eigenvalue weighted by atomic mass is 15.1. The van der Waals surface area contributed by atoms with Crippen LogP contribution in [0.15, 0.2) is 24.4 Å². The summed E-state index contributed by atoms with van der Waals surface area (Å²) >= 11 is 0. The first-order valence-corrected chi connectivity index (χ1v) is 5.72. The zero-order valence-corrected chi connectivity index (χ0v) is 10.3. The minimum Gasteiger partial charge on any atom is -0.301 e. The summed E-state index contributed by atoms with van der Waals surface area (Å²) in [5.41, 5.74) is 2.71. The van der Waals surface area contributed by atoms with Crippen LogP contribution in [0.4, 0.5) is 0 Å². The molecule has 2 aromatic heterocycles. The van der Waals surface area contributed by atoms with E-state index < -0.39 is 0 Å². The predicted molar refractivity (Wildman–Crippen MR) is 66.6 cm³/mol. The summed E-state index contributed by atoms with van der Waals surface area (Å²) in [6.45, 7) is 6.00.